The van der Waals surface area contributed by atoms with E-state index in [1.54, 1.807) is 0 Å². The van der Waals surface area contributed by atoms with Crippen molar-refractivity contribution in [1.29, 1.82) is 0 Å². The van der Waals surface area contributed by atoms with Gasteiger partial charge in [0.2, 0.25) is 5.95 Å². The van der Waals surface area contributed by atoms with Crippen LogP contribution in [0.5, 0.6) is 0 Å². The van der Waals surface area contributed by atoms with Crippen LogP contribution in [0.1, 0.15) is 39.0 Å². The zero-order valence-corrected chi connectivity index (χ0v) is 8.87. The van der Waals surface area contributed by atoms with Gasteiger partial charge in [0.1, 0.15) is 0 Å². The fraction of sp³-hybridized carbons (Fsp3) is 0.727. The Morgan fingerprint density at radius 3 is 3.14 bits per heavy atom. The van der Waals surface area contributed by atoms with Crippen molar-refractivity contribution in [3.05, 3.63) is 12.4 Å². The quantitative estimate of drug-likeness (QED) is 0.782. The number of H-pyrrole nitrogens is 1. The largest absolute Gasteiger partial charge is 0.339 e. The first kappa shape index (κ1) is 9.56. The number of aromatic nitrogens is 2. The van der Waals surface area contributed by atoms with Crippen LogP contribution in [0.3, 0.4) is 0 Å². The standard InChI is InChI=1S/C11H19N3/c1-2-10-6-4-3-5-9-14(10)11-12-7-8-13-11/h7-8,10H,2-6,9H2,1H3,(H,12,13). The first-order chi connectivity index (χ1) is 6.92. The van der Waals surface area contributed by atoms with Gasteiger partial charge in [0.25, 0.3) is 0 Å². The molecule has 0 radical (unpaired) electrons. The SMILES string of the molecule is CCC1CCCCCN1c1ncc[nH]1. The molecule has 14 heavy (non-hydrogen) atoms. The van der Waals surface area contributed by atoms with E-state index in [-0.39, 0.29) is 0 Å². The summed E-state index contributed by atoms with van der Waals surface area (Å²) in [5.41, 5.74) is 0. The van der Waals surface area contributed by atoms with Gasteiger partial charge in [0.15, 0.2) is 0 Å². The van der Waals surface area contributed by atoms with Crippen LogP contribution in [-0.2, 0) is 0 Å². The maximum absolute atomic E-state index is 4.35. The van der Waals surface area contributed by atoms with Crippen LogP contribution in [0.2, 0.25) is 0 Å². The summed E-state index contributed by atoms with van der Waals surface area (Å²) in [4.78, 5) is 10.0. The Bertz CT molecular complexity index is 256. The van der Waals surface area contributed by atoms with E-state index in [4.69, 9.17) is 0 Å². The minimum atomic E-state index is 0.684. The highest BCUT2D eigenvalue weighted by Crippen LogP contribution is 2.22. The third kappa shape index (κ3) is 1.91. The van der Waals surface area contributed by atoms with E-state index in [0.29, 0.717) is 6.04 Å². The molecule has 3 nitrogen and oxygen atoms in total. The zero-order valence-electron chi connectivity index (χ0n) is 8.87. The van der Waals surface area contributed by atoms with Gasteiger partial charge in [-0.15, -0.1) is 0 Å². The molecule has 1 saturated heterocycles. The number of rotatable bonds is 2. The molecule has 1 fully saturated rings. The lowest BCUT2D eigenvalue weighted by atomic mass is 10.1. The highest BCUT2D eigenvalue weighted by atomic mass is 15.3. The molecule has 78 valence electrons. The second-order valence-corrected chi connectivity index (χ2v) is 4.02. The van der Waals surface area contributed by atoms with E-state index in [0.717, 1.165) is 12.5 Å². The summed E-state index contributed by atoms with van der Waals surface area (Å²) in [5, 5.41) is 0. The van der Waals surface area contributed by atoms with Crippen LogP contribution in [-0.4, -0.2) is 22.6 Å². The molecule has 0 spiro atoms. The molecule has 0 amide bonds. The molecule has 2 rings (SSSR count). The summed E-state index contributed by atoms with van der Waals surface area (Å²) in [5.74, 6) is 1.05. The molecule has 1 aromatic heterocycles. The molecular weight excluding hydrogens is 174 g/mol. The van der Waals surface area contributed by atoms with Gasteiger partial charge in [-0.25, -0.2) is 4.98 Å². The smallest absolute Gasteiger partial charge is 0.202 e. The van der Waals surface area contributed by atoms with Crippen molar-refractivity contribution in [2.45, 2.75) is 45.1 Å². The van der Waals surface area contributed by atoms with Crippen LogP contribution in [0, 0.1) is 0 Å². The lowest BCUT2D eigenvalue weighted by Crippen LogP contribution is -2.35. The molecule has 0 aliphatic carbocycles. The summed E-state index contributed by atoms with van der Waals surface area (Å²) < 4.78 is 0. The molecule has 3 heteroatoms. The Hall–Kier alpha value is -0.990. The monoisotopic (exact) mass is 193 g/mol. The highest BCUT2D eigenvalue weighted by Gasteiger charge is 2.20. The van der Waals surface area contributed by atoms with Gasteiger partial charge < -0.3 is 9.88 Å². The zero-order chi connectivity index (χ0) is 9.80. The lowest BCUT2D eigenvalue weighted by Gasteiger charge is -2.28. The van der Waals surface area contributed by atoms with Crippen molar-refractivity contribution in [2.24, 2.45) is 0 Å². The molecule has 1 unspecified atom stereocenters. The number of aromatic amines is 1. The summed E-state index contributed by atoms with van der Waals surface area (Å²) in [6.45, 7) is 3.43. The fourth-order valence-electron chi connectivity index (χ4n) is 2.29. The van der Waals surface area contributed by atoms with Crippen LogP contribution in [0.4, 0.5) is 5.95 Å². The van der Waals surface area contributed by atoms with Crippen LogP contribution < -0.4 is 4.90 Å². The molecule has 0 aromatic carbocycles. The first-order valence-electron chi connectivity index (χ1n) is 5.68. The van der Waals surface area contributed by atoms with Crippen molar-refractivity contribution >= 4 is 5.95 Å². The van der Waals surface area contributed by atoms with Crippen molar-refractivity contribution in [2.75, 3.05) is 11.4 Å². The van der Waals surface area contributed by atoms with Crippen LogP contribution in [0.15, 0.2) is 12.4 Å². The molecule has 0 saturated carbocycles. The van der Waals surface area contributed by atoms with Gasteiger partial charge in [0.05, 0.1) is 0 Å². The summed E-state index contributed by atoms with van der Waals surface area (Å²) in [6, 6.07) is 0.684. The summed E-state index contributed by atoms with van der Waals surface area (Å²) in [6.07, 6.45) is 10.3. The van der Waals surface area contributed by atoms with Gasteiger partial charge in [-0.1, -0.05) is 19.8 Å². The molecule has 1 aliphatic heterocycles. The second-order valence-electron chi connectivity index (χ2n) is 4.02. The Morgan fingerprint density at radius 1 is 1.50 bits per heavy atom. The predicted octanol–water partition coefficient (Wildman–Crippen LogP) is 2.57. The maximum atomic E-state index is 4.35. The van der Waals surface area contributed by atoms with E-state index >= 15 is 0 Å². The minimum Gasteiger partial charge on any atom is -0.339 e. The van der Waals surface area contributed by atoms with Crippen molar-refractivity contribution in [3.8, 4) is 0 Å². The van der Waals surface area contributed by atoms with E-state index < -0.39 is 0 Å². The highest BCUT2D eigenvalue weighted by molar-refractivity contribution is 5.31. The molecule has 2 heterocycles. The summed E-state index contributed by atoms with van der Waals surface area (Å²) >= 11 is 0. The van der Waals surface area contributed by atoms with Gasteiger partial charge in [-0.05, 0) is 19.3 Å². The van der Waals surface area contributed by atoms with E-state index in [1.807, 2.05) is 12.4 Å². The number of hydrogen-bond acceptors (Lipinski definition) is 2. The Morgan fingerprint density at radius 2 is 2.43 bits per heavy atom. The van der Waals surface area contributed by atoms with Gasteiger partial charge in [-0.2, -0.15) is 0 Å². The number of anilines is 1. The van der Waals surface area contributed by atoms with Crippen molar-refractivity contribution in [3.63, 3.8) is 0 Å². The third-order valence-electron chi connectivity index (χ3n) is 3.10. The van der Waals surface area contributed by atoms with Gasteiger partial charge in [0, 0.05) is 25.0 Å². The summed E-state index contributed by atoms with van der Waals surface area (Å²) in [7, 11) is 0. The second kappa shape index (κ2) is 4.49. The van der Waals surface area contributed by atoms with Crippen molar-refractivity contribution < 1.29 is 0 Å². The van der Waals surface area contributed by atoms with Crippen LogP contribution >= 0.6 is 0 Å². The molecule has 1 aromatic rings. The number of nitrogens with zero attached hydrogens (tertiary/aromatic N) is 2. The van der Waals surface area contributed by atoms with Gasteiger partial charge in [-0.3, -0.25) is 0 Å². The topological polar surface area (TPSA) is 31.9 Å². The number of nitrogens with one attached hydrogen (secondary N) is 1. The average molecular weight is 193 g/mol. The fourth-order valence-corrected chi connectivity index (χ4v) is 2.29. The lowest BCUT2D eigenvalue weighted by molar-refractivity contribution is 0.549. The molecule has 1 aliphatic rings. The third-order valence-corrected chi connectivity index (χ3v) is 3.10. The molecular formula is C11H19N3. The van der Waals surface area contributed by atoms with Crippen molar-refractivity contribution in [1.82, 2.24) is 9.97 Å². The van der Waals surface area contributed by atoms with E-state index in [9.17, 15) is 0 Å². The van der Waals surface area contributed by atoms with Crippen LogP contribution in [0.25, 0.3) is 0 Å². The number of hydrogen-bond donors (Lipinski definition) is 1. The Kier molecular flexibility index (Phi) is 3.07. The van der Waals surface area contributed by atoms with Gasteiger partial charge >= 0.3 is 0 Å². The molecule has 1 atom stereocenters. The Labute approximate surface area is 85.5 Å². The Balaban J connectivity index is 2.12. The average Bonchev–Trinajstić information content (AvgIpc) is 2.63. The number of imidazole rings is 1. The molecule has 1 N–H and O–H groups in total. The van der Waals surface area contributed by atoms with E-state index in [1.165, 1.54) is 32.1 Å². The normalized spacial score (nSPS) is 23.5. The van der Waals surface area contributed by atoms with E-state index in [2.05, 4.69) is 21.8 Å². The maximum Gasteiger partial charge on any atom is 0.202 e. The predicted molar refractivity (Wildman–Crippen MR) is 58.5 cm³/mol. The first-order valence-corrected chi connectivity index (χ1v) is 5.68. The minimum absolute atomic E-state index is 0.684. The molecule has 0 bridgehead atoms.